The third-order valence-corrected chi connectivity index (χ3v) is 4.87. The third kappa shape index (κ3) is 8.07. The zero-order chi connectivity index (χ0) is 13.8. The van der Waals surface area contributed by atoms with Gasteiger partial charge in [0.2, 0.25) is 0 Å². The van der Waals surface area contributed by atoms with E-state index in [0.29, 0.717) is 0 Å². The molecule has 19 heavy (non-hydrogen) atoms. The SMILES string of the molecule is [Cl][Ni].c1ccc(P[CH-]CCPc2ccccc2)cc1. The van der Waals surface area contributed by atoms with Crippen molar-refractivity contribution in [1.82, 2.24) is 0 Å². The molecule has 0 aliphatic rings. The van der Waals surface area contributed by atoms with E-state index in [-0.39, 0.29) is 0 Å². The van der Waals surface area contributed by atoms with Gasteiger partial charge in [-0.05, 0) is 5.30 Å². The Labute approximate surface area is 131 Å². The van der Waals surface area contributed by atoms with E-state index in [9.17, 15) is 0 Å². The molecule has 0 aliphatic carbocycles. The van der Waals surface area contributed by atoms with Crippen LogP contribution in [0.3, 0.4) is 0 Å². The van der Waals surface area contributed by atoms with Gasteiger partial charge in [-0.1, -0.05) is 80.7 Å². The van der Waals surface area contributed by atoms with Crippen molar-refractivity contribution in [2.45, 2.75) is 6.42 Å². The van der Waals surface area contributed by atoms with Crippen LogP contribution < -0.4 is 10.6 Å². The van der Waals surface area contributed by atoms with Crippen LogP contribution in [0.2, 0.25) is 0 Å². The average Bonchev–Trinajstić information content (AvgIpc) is 2.51. The molecular formula is C15H17ClNiP2-. The van der Waals surface area contributed by atoms with E-state index in [0.717, 1.165) is 17.2 Å². The maximum atomic E-state index is 4.26. The predicted molar refractivity (Wildman–Crippen MR) is 88.4 cm³/mol. The van der Waals surface area contributed by atoms with E-state index in [4.69, 9.17) is 0 Å². The van der Waals surface area contributed by atoms with Gasteiger partial charge in [-0.25, -0.2) is 0 Å². The van der Waals surface area contributed by atoms with Gasteiger partial charge in [0.1, 0.15) is 0 Å². The van der Waals surface area contributed by atoms with Gasteiger partial charge in [-0.15, -0.1) is 0 Å². The summed E-state index contributed by atoms with van der Waals surface area (Å²) in [4.78, 5) is 0. The molecule has 105 valence electrons. The van der Waals surface area contributed by atoms with Crippen LogP contribution in [-0.2, 0) is 14.6 Å². The van der Waals surface area contributed by atoms with Gasteiger partial charge in [0.25, 0.3) is 0 Å². The molecule has 0 N–H and O–H groups in total. The number of halogens is 1. The van der Waals surface area contributed by atoms with E-state index < -0.39 is 0 Å². The van der Waals surface area contributed by atoms with Crippen molar-refractivity contribution in [3.05, 3.63) is 66.8 Å². The predicted octanol–water partition coefficient (Wildman–Crippen LogP) is 4.23. The monoisotopic (exact) mass is 352 g/mol. The Hall–Kier alpha value is 0.0835. The first-order valence-electron chi connectivity index (χ1n) is 5.99. The largest absolute Gasteiger partial charge is 0.301 e. The summed E-state index contributed by atoms with van der Waals surface area (Å²) in [6, 6.07) is 21.5. The van der Waals surface area contributed by atoms with Crippen LogP contribution in [0.1, 0.15) is 6.42 Å². The molecule has 2 rings (SSSR count). The fraction of sp³-hybridized carbons (Fsp3) is 0.133. The molecule has 0 fully saturated rings. The molecule has 0 bridgehead atoms. The van der Waals surface area contributed by atoms with E-state index in [1.807, 2.05) is 0 Å². The van der Waals surface area contributed by atoms with Gasteiger partial charge in [0.05, 0.1) is 0 Å². The van der Waals surface area contributed by atoms with Gasteiger partial charge in [-0.3, -0.25) is 8.58 Å². The summed E-state index contributed by atoms with van der Waals surface area (Å²) < 4.78 is 0. The standard InChI is InChI=1S/C15H17P2.ClH.Ni/c1-3-8-14(9-4-1)16-12-7-13-17-15-10-5-2-6-11-15;;/h1-6,8-12,16-17H,7,13H2;1H;/q-1;;+1/p-1. The molecule has 0 nitrogen and oxygen atoms in total. The fourth-order valence-electron chi connectivity index (χ4n) is 1.57. The maximum absolute atomic E-state index is 4.26. The van der Waals surface area contributed by atoms with E-state index in [1.54, 1.807) is 0 Å². The van der Waals surface area contributed by atoms with Gasteiger partial charge in [0, 0.05) is 0 Å². The minimum absolute atomic E-state index is 0.851. The van der Waals surface area contributed by atoms with Crippen molar-refractivity contribution in [3.63, 3.8) is 0 Å². The summed E-state index contributed by atoms with van der Waals surface area (Å²) in [5, 5.41) is 2.92. The molecule has 0 spiro atoms. The zero-order valence-electron chi connectivity index (χ0n) is 10.5. The first kappa shape index (κ1) is 17.1. The second kappa shape index (κ2) is 11.9. The topological polar surface area (TPSA) is 0 Å². The molecule has 4 heteroatoms. The molecule has 0 saturated heterocycles. The molecule has 2 atom stereocenters. The number of hydrogen-bond donors (Lipinski definition) is 0. The van der Waals surface area contributed by atoms with E-state index in [1.165, 1.54) is 23.2 Å². The van der Waals surface area contributed by atoms with E-state index in [2.05, 4.69) is 91.6 Å². The zero-order valence-corrected chi connectivity index (χ0v) is 14.2. The maximum Gasteiger partial charge on any atom is -0.0272 e. The molecule has 0 heterocycles. The Bertz CT molecular complexity index is 381. The van der Waals surface area contributed by atoms with Crippen LogP contribution in [0.25, 0.3) is 0 Å². The molecule has 0 amide bonds. The first-order chi connectivity index (χ1) is 9.45. The third-order valence-electron chi connectivity index (χ3n) is 2.43. The number of hydrogen-bond acceptors (Lipinski definition) is 0. The van der Waals surface area contributed by atoms with Gasteiger partial charge in [-0.2, -0.15) is 6.42 Å². The normalized spacial score (nSPS) is 10.9. The van der Waals surface area contributed by atoms with Crippen molar-refractivity contribution in [2.24, 2.45) is 0 Å². The number of rotatable bonds is 6. The van der Waals surface area contributed by atoms with Gasteiger partial charge >= 0.3 is 24.8 Å². The molecule has 2 aromatic rings. The number of benzene rings is 2. The minimum Gasteiger partial charge on any atom is -0.301 e. The Morgan fingerprint density at radius 1 is 0.842 bits per heavy atom. The molecule has 0 radical (unpaired) electrons. The molecule has 2 unspecified atom stereocenters. The Balaban J connectivity index is 0.000000861. The summed E-state index contributed by atoms with van der Waals surface area (Å²) in [6.07, 6.45) is 4.93. The second-order valence-electron chi connectivity index (χ2n) is 3.80. The summed E-state index contributed by atoms with van der Waals surface area (Å²) >= 11 is 3.35. The van der Waals surface area contributed by atoms with Crippen LogP contribution >= 0.6 is 27.4 Å². The molecular weight excluding hydrogens is 336 g/mol. The smallest absolute Gasteiger partial charge is 0.0272 e. The van der Waals surface area contributed by atoms with Crippen LogP contribution in [0, 0.1) is 6.16 Å². The second-order valence-corrected chi connectivity index (χ2v) is 6.50. The molecule has 2 aromatic carbocycles. The molecule has 0 aromatic heterocycles. The first-order valence-corrected chi connectivity index (χ1v) is 9.63. The van der Waals surface area contributed by atoms with Gasteiger partial charge in [0.15, 0.2) is 0 Å². The average molecular weight is 353 g/mol. The van der Waals surface area contributed by atoms with Crippen molar-refractivity contribution in [3.8, 4) is 0 Å². The minimum atomic E-state index is 0.851. The van der Waals surface area contributed by atoms with Crippen molar-refractivity contribution >= 4 is 38.0 Å². The fourth-order valence-corrected chi connectivity index (χ4v) is 3.77. The quantitative estimate of drug-likeness (QED) is 0.315. The summed E-state index contributed by atoms with van der Waals surface area (Å²) in [5.74, 6) is 0. The van der Waals surface area contributed by atoms with Crippen LogP contribution in [-0.4, -0.2) is 6.16 Å². The molecule has 0 aliphatic heterocycles. The Morgan fingerprint density at radius 2 is 1.37 bits per heavy atom. The Morgan fingerprint density at radius 3 is 1.95 bits per heavy atom. The van der Waals surface area contributed by atoms with Crippen LogP contribution in [0.15, 0.2) is 60.7 Å². The van der Waals surface area contributed by atoms with Crippen molar-refractivity contribution < 1.29 is 14.6 Å². The van der Waals surface area contributed by atoms with Crippen molar-refractivity contribution in [2.75, 3.05) is 6.16 Å². The summed E-state index contributed by atoms with van der Waals surface area (Å²) in [5.41, 5.74) is 0. The van der Waals surface area contributed by atoms with Gasteiger partial charge < -0.3 is 6.16 Å². The van der Waals surface area contributed by atoms with Crippen LogP contribution in [0.4, 0.5) is 0 Å². The Kier molecular flexibility index (Phi) is 10.7. The van der Waals surface area contributed by atoms with Crippen LogP contribution in [0.5, 0.6) is 0 Å². The summed E-state index contributed by atoms with van der Waals surface area (Å²) in [6.45, 7) is 0. The van der Waals surface area contributed by atoms with E-state index >= 15 is 0 Å². The molecule has 0 saturated carbocycles. The van der Waals surface area contributed by atoms with Crippen molar-refractivity contribution in [1.29, 1.82) is 0 Å². The summed E-state index contributed by atoms with van der Waals surface area (Å²) in [7, 11) is 6.06.